The SMILES string of the molecule is CC(CCS(N)(=O)=O)Oc1nonc1-c1noc(=O)n1-c1ccc(F)c(Cl)c1.CC(CN)Oc1nonc1-c1noc(=O)n1-c1ccc(F)c(Cl)c1.C[C@@H](CCS(N)(=O)=O)Oc1nonc1-c1noc(=O)n1-c1ccc(F)c(Cl)c1.C[C@H](CCS(N)(=O)=O)Oc1nonc1-c1noc(=O)n1-c1ccc(F)c(Cl)c1. The molecule has 0 saturated carbocycles. The molecule has 0 bridgehead atoms. The van der Waals surface area contributed by atoms with Crippen LogP contribution in [-0.2, 0) is 30.1 Å². The van der Waals surface area contributed by atoms with Gasteiger partial charge >= 0.3 is 23.0 Å². The van der Waals surface area contributed by atoms with Crippen LogP contribution >= 0.6 is 46.4 Å². The van der Waals surface area contributed by atoms with Gasteiger partial charge in [-0.25, -0.2) is 114 Å². The Balaban J connectivity index is 0.000000166. The lowest BCUT2D eigenvalue weighted by molar-refractivity contribution is 0.192. The number of sulfonamides is 3. The molecule has 0 fully saturated rings. The summed E-state index contributed by atoms with van der Waals surface area (Å²) in [5, 5.41) is 57.5. The van der Waals surface area contributed by atoms with Gasteiger partial charge in [-0.05, 0) is 161 Å². The third kappa shape index (κ3) is 20.8. The predicted molar refractivity (Wildman–Crippen MR) is 359 cm³/mol. The van der Waals surface area contributed by atoms with Gasteiger partial charge in [-0.1, -0.05) is 67.0 Å². The van der Waals surface area contributed by atoms with E-state index in [0.717, 1.165) is 42.5 Å². The summed E-state index contributed by atoms with van der Waals surface area (Å²) in [7, 11) is -11.0. The summed E-state index contributed by atoms with van der Waals surface area (Å²) in [5.41, 5.74) is 5.95. The molecule has 4 aromatic carbocycles. The molecule has 42 nitrogen and oxygen atoms in total. The van der Waals surface area contributed by atoms with Crippen molar-refractivity contribution in [1.29, 1.82) is 0 Å². The molecule has 0 spiro atoms. The number of primary sulfonamides is 3. The summed E-state index contributed by atoms with van der Waals surface area (Å²) in [5.74, 6) is -8.01. The number of hydrogen-bond acceptors (Lipinski definition) is 35. The van der Waals surface area contributed by atoms with E-state index in [-0.39, 0.29) is 162 Å². The molecule has 53 heteroatoms. The predicted octanol–water partition coefficient (Wildman–Crippen LogP) is 4.74. The Morgan fingerprint density at radius 3 is 0.778 bits per heavy atom. The summed E-state index contributed by atoms with van der Waals surface area (Å²) >= 11 is 23.0. The first-order chi connectivity index (χ1) is 51.0. The Morgan fingerprint density at radius 2 is 0.583 bits per heavy atom. The Labute approximate surface area is 618 Å². The second-order valence-corrected chi connectivity index (χ2v) is 28.7. The topological polar surface area (TPSA) is 591 Å². The molecule has 0 aliphatic rings. The molecular formula is C55H50Cl4F4N20O22S3. The fourth-order valence-corrected chi connectivity index (χ4v) is 11.2. The molecule has 12 aromatic rings. The minimum absolute atomic E-state index is 0.0109. The van der Waals surface area contributed by atoms with Gasteiger partial charge in [0.25, 0.3) is 23.5 Å². The Kier molecular flexibility index (Phi) is 26.0. The van der Waals surface area contributed by atoms with Gasteiger partial charge in [0.1, 0.15) is 29.4 Å². The lowest BCUT2D eigenvalue weighted by Crippen LogP contribution is -2.23. The van der Waals surface area contributed by atoms with Crippen LogP contribution in [0.15, 0.2) is 129 Å². The summed E-state index contributed by atoms with van der Waals surface area (Å²) < 4.78 is 183. The molecule has 0 aliphatic carbocycles. The van der Waals surface area contributed by atoms with E-state index in [1.54, 1.807) is 27.7 Å². The molecule has 0 radical (unpaired) electrons. The van der Waals surface area contributed by atoms with Gasteiger partial charge in [-0.3, -0.25) is 18.1 Å². The molecule has 0 amide bonds. The van der Waals surface area contributed by atoms with Crippen molar-refractivity contribution in [1.82, 2.24) is 80.1 Å². The van der Waals surface area contributed by atoms with Crippen LogP contribution in [0, 0.1) is 23.3 Å². The minimum Gasteiger partial charge on any atom is -0.471 e. The van der Waals surface area contributed by atoms with Crippen molar-refractivity contribution in [3.63, 3.8) is 0 Å². The minimum atomic E-state index is -3.66. The van der Waals surface area contributed by atoms with Gasteiger partial charge in [0.2, 0.25) is 76.1 Å². The number of ether oxygens (including phenoxy) is 4. The van der Waals surface area contributed by atoms with Gasteiger partial charge in [-0.15, -0.1) is 0 Å². The van der Waals surface area contributed by atoms with Crippen molar-refractivity contribution in [3.8, 4) is 92.3 Å². The molecule has 576 valence electrons. The van der Waals surface area contributed by atoms with E-state index in [1.165, 1.54) is 48.5 Å². The normalized spacial score (nSPS) is 12.7. The van der Waals surface area contributed by atoms with E-state index in [2.05, 4.69) is 98.5 Å². The van der Waals surface area contributed by atoms with Gasteiger partial charge in [-0.2, -0.15) is 0 Å². The maximum Gasteiger partial charge on any atom is 0.446 e. The Bertz CT molecular complexity index is 5350. The Hall–Kier alpha value is -11.0. The highest BCUT2D eigenvalue weighted by Gasteiger charge is 2.31. The number of halogens is 8. The highest BCUT2D eigenvalue weighted by molar-refractivity contribution is 7.89. The second kappa shape index (κ2) is 34.7. The third-order valence-corrected chi connectivity index (χ3v) is 17.3. The largest absolute Gasteiger partial charge is 0.471 e. The molecule has 12 rings (SSSR count). The zero-order valence-electron chi connectivity index (χ0n) is 54.9. The zero-order chi connectivity index (χ0) is 78.7. The molecule has 8 N–H and O–H groups in total. The standard InChI is InChI=1S/3C14H13ClFN5O6S.C13H11ClFN5O4/c3*1-7(4-5-28(17,23)24)25-13-11(18-27-20-13)12-19-26-14(22)21(12)8-2-3-10(16)9(15)6-8;1-6(5-16)22-12-10(17-24-19-12)11-18-23-13(21)20(11)7-2-3-9(15)8(14)4-7/h3*2-3,6-7H,4-5H2,1H3,(H2,17,23,24);2-4,6H,5,16H2,1H3/t2*7-;;/m10../s1. The summed E-state index contributed by atoms with van der Waals surface area (Å²) in [6.45, 7) is 6.69. The fourth-order valence-electron chi connectivity index (χ4n) is 8.56. The van der Waals surface area contributed by atoms with Crippen LogP contribution < -0.4 is 63.1 Å². The quantitative estimate of drug-likeness (QED) is 0.0532. The van der Waals surface area contributed by atoms with E-state index in [4.69, 9.17) is 86.5 Å². The third-order valence-electron chi connectivity index (χ3n) is 13.8. The first kappa shape index (κ1) is 81.1. The van der Waals surface area contributed by atoms with Crippen LogP contribution in [0.5, 0.6) is 23.5 Å². The fraction of sp³-hybridized carbons (Fsp3) is 0.273. The van der Waals surface area contributed by atoms with E-state index < -0.39 is 94.7 Å². The summed E-state index contributed by atoms with van der Waals surface area (Å²) in [6.07, 6.45) is -2.04. The Morgan fingerprint density at radius 1 is 0.370 bits per heavy atom. The van der Waals surface area contributed by atoms with E-state index in [0.29, 0.717) is 0 Å². The van der Waals surface area contributed by atoms with Crippen molar-refractivity contribution in [3.05, 3.63) is 158 Å². The van der Waals surface area contributed by atoms with Crippen molar-refractivity contribution in [2.24, 2.45) is 21.2 Å². The average molecular weight is 1660 g/mol. The highest BCUT2D eigenvalue weighted by Crippen LogP contribution is 2.33. The van der Waals surface area contributed by atoms with E-state index in [9.17, 15) is 62.0 Å². The van der Waals surface area contributed by atoms with E-state index >= 15 is 0 Å². The maximum atomic E-state index is 13.4. The van der Waals surface area contributed by atoms with Crippen molar-refractivity contribution < 1.29 is 98.4 Å². The smallest absolute Gasteiger partial charge is 0.446 e. The summed E-state index contributed by atoms with van der Waals surface area (Å²) in [6, 6.07) is 14.3. The van der Waals surface area contributed by atoms with Crippen molar-refractivity contribution in [2.45, 2.75) is 71.4 Å². The lowest BCUT2D eigenvalue weighted by atomic mass is 10.3. The van der Waals surface area contributed by atoms with Crippen LogP contribution in [-0.4, -0.2) is 154 Å². The zero-order valence-corrected chi connectivity index (χ0v) is 60.4. The number of hydrogen-bond donors (Lipinski definition) is 4. The molecule has 4 atom stereocenters. The van der Waals surface area contributed by atoms with E-state index in [1.807, 2.05) is 0 Å². The number of aromatic nitrogens is 16. The van der Waals surface area contributed by atoms with Crippen LogP contribution in [0.2, 0.25) is 20.1 Å². The number of nitrogens with zero attached hydrogens (tertiary/aromatic N) is 16. The van der Waals surface area contributed by atoms with Crippen LogP contribution in [0.25, 0.3) is 68.8 Å². The average Bonchev–Trinajstić information content (AvgIpc) is 1.65. The first-order valence-electron chi connectivity index (χ1n) is 29.8. The van der Waals surface area contributed by atoms with Crippen LogP contribution in [0.3, 0.4) is 0 Å². The molecule has 2 unspecified atom stereocenters. The monoisotopic (exact) mass is 1650 g/mol. The number of rotatable bonds is 26. The maximum absolute atomic E-state index is 13.4. The van der Waals surface area contributed by atoms with Gasteiger partial charge in [0.05, 0.1) is 78.4 Å². The van der Waals surface area contributed by atoms with Crippen LogP contribution in [0.4, 0.5) is 17.6 Å². The van der Waals surface area contributed by atoms with Gasteiger partial charge in [0.15, 0.2) is 0 Å². The molecule has 0 saturated heterocycles. The first-order valence-corrected chi connectivity index (χ1v) is 36.5. The molecular weight excluding hydrogens is 1610 g/mol. The van der Waals surface area contributed by atoms with Crippen molar-refractivity contribution >= 4 is 76.5 Å². The molecule has 0 aliphatic heterocycles. The molecule has 8 aromatic heterocycles. The molecule has 108 heavy (non-hydrogen) atoms. The second-order valence-electron chi connectivity index (χ2n) is 21.9. The van der Waals surface area contributed by atoms with Crippen molar-refractivity contribution in [2.75, 3.05) is 23.8 Å². The molecule has 8 heterocycles. The van der Waals surface area contributed by atoms with Gasteiger partial charge in [0, 0.05) is 6.54 Å². The van der Waals surface area contributed by atoms with Crippen LogP contribution in [0.1, 0.15) is 47.0 Å². The highest BCUT2D eigenvalue weighted by atomic mass is 35.5. The lowest BCUT2D eigenvalue weighted by Gasteiger charge is -2.11. The number of nitrogens with two attached hydrogens (primary N) is 4. The summed E-state index contributed by atoms with van der Waals surface area (Å²) in [4.78, 5) is 48.2. The number of benzene rings is 4. The van der Waals surface area contributed by atoms with Gasteiger partial charge < -0.3 is 24.7 Å².